The predicted molar refractivity (Wildman–Crippen MR) is 58.3 cm³/mol. The molecule has 2 amide bonds. The minimum absolute atomic E-state index is 0.121. The molecule has 0 aliphatic rings. The van der Waals surface area contributed by atoms with Gasteiger partial charge in [-0.15, -0.1) is 0 Å². The van der Waals surface area contributed by atoms with Crippen molar-refractivity contribution in [2.24, 2.45) is 5.73 Å². The normalized spacial score (nSPS) is 13.1. The van der Waals surface area contributed by atoms with Crippen LogP contribution in [0.3, 0.4) is 0 Å². The van der Waals surface area contributed by atoms with Crippen molar-refractivity contribution in [3.63, 3.8) is 0 Å². The molecule has 17 heavy (non-hydrogen) atoms. The smallest absolute Gasteiger partial charge is 0.339 e. The van der Waals surface area contributed by atoms with Gasteiger partial charge in [0.05, 0.1) is 6.29 Å². The van der Waals surface area contributed by atoms with Crippen LogP contribution < -0.4 is 16.4 Å². The number of nitrogens with two attached hydrogens (primary N) is 1. The Bertz CT molecular complexity index is 317. The van der Waals surface area contributed by atoms with Crippen LogP contribution in [0.15, 0.2) is 0 Å². The van der Waals surface area contributed by atoms with E-state index in [-0.39, 0.29) is 13.0 Å². The maximum atomic E-state index is 10.7. The molecule has 0 aliphatic carbocycles. The number of amides is 2. The van der Waals surface area contributed by atoms with Crippen LogP contribution in [-0.2, 0) is 9.36 Å². The lowest BCUT2D eigenvalue weighted by molar-refractivity contribution is -0.139. The Kier molecular flexibility index (Phi) is 6.74. The number of carboxylic acid groups (broad SMARTS) is 1. The van der Waals surface area contributed by atoms with Gasteiger partial charge < -0.3 is 25.9 Å². The Morgan fingerprint density at radius 3 is 2.35 bits per heavy atom. The van der Waals surface area contributed by atoms with Crippen molar-refractivity contribution in [1.29, 1.82) is 0 Å². The Morgan fingerprint density at radius 1 is 1.35 bits per heavy atom. The molecule has 0 unspecified atom stereocenters. The fourth-order valence-corrected chi connectivity index (χ4v) is 1.52. The number of carboxylic acids is 1. The summed E-state index contributed by atoms with van der Waals surface area (Å²) in [5.74, 6) is -1.21. The van der Waals surface area contributed by atoms with Gasteiger partial charge in [-0.25, -0.2) is 4.79 Å². The second-order valence-electron chi connectivity index (χ2n) is 3.35. The molecule has 1 atom stereocenters. The summed E-state index contributed by atoms with van der Waals surface area (Å²) in [5, 5.41) is 13.3. The summed E-state index contributed by atoms with van der Waals surface area (Å²) in [4.78, 5) is 38.2. The molecule has 0 aromatic heterocycles. The van der Waals surface area contributed by atoms with E-state index in [0.29, 0.717) is 6.42 Å². The van der Waals surface area contributed by atoms with E-state index in [1.54, 1.807) is 0 Å². The molecule has 0 heterocycles. The third kappa shape index (κ3) is 9.76. The third-order valence-electron chi connectivity index (χ3n) is 1.81. The van der Waals surface area contributed by atoms with Gasteiger partial charge in [0, 0.05) is 6.54 Å². The Labute approximate surface area is 97.5 Å². The number of hydrogen-bond donors (Lipinski definition) is 6. The molecular weight excluding hydrogens is 253 g/mol. The molecule has 0 spiro atoms. The SMILES string of the molecule is NC(=O)NCCC[C@H](NCP(=O)(O)O)C(=O)O. The van der Waals surface area contributed by atoms with Crippen LogP contribution in [-0.4, -0.2) is 45.8 Å². The fraction of sp³-hybridized carbons (Fsp3) is 0.714. The number of primary amides is 1. The topological polar surface area (TPSA) is 162 Å². The molecule has 7 N–H and O–H groups in total. The van der Waals surface area contributed by atoms with Gasteiger partial charge >= 0.3 is 19.6 Å². The number of urea groups is 1. The van der Waals surface area contributed by atoms with Gasteiger partial charge in [0.25, 0.3) is 0 Å². The molecule has 0 bridgehead atoms. The molecule has 0 aliphatic heterocycles. The lowest BCUT2D eigenvalue weighted by atomic mass is 10.1. The number of hydrogen-bond acceptors (Lipinski definition) is 4. The van der Waals surface area contributed by atoms with Crippen LogP contribution in [0.1, 0.15) is 12.8 Å². The molecule has 0 aromatic rings. The highest BCUT2D eigenvalue weighted by molar-refractivity contribution is 7.51. The first-order chi connectivity index (χ1) is 7.72. The van der Waals surface area contributed by atoms with Crippen molar-refractivity contribution in [2.45, 2.75) is 18.9 Å². The van der Waals surface area contributed by atoms with E-state index < -0.39 is 31.9 Å². The van der Waals surface area contributed by atoms with Crippen molar-refractivity contribution < 1.29 is 29.0 Å². The van der Waals surface area contributed by atoms with E-state index in [4.69, 9.17) is 20.6 Å². The molecule has 0 rings (SSSR count). The second-order valence-corrected chi connectivity index (χ2v) is 5.00. The highest BCUT2D eigenvalue weighted by Crippen LogP contribution is 2.32. The number of carbonyl (C=O) groups is 2. The summed E-state index contributed by atoms with van der Waals surface area (Å²) in [5.41, 5.74) is 4.80. The summed E-state index contributed by atoms with van der Waals surface area (Å²) in [7, 11) is -4.28. The Morgan fingerprint density at radius 2 is 1.94 bits per heavy atom. The average Bonchev–Trinajstić information content (AvgIpc) is 2.13. The predicted octanol–water partition coefficient (Wildman–Crippen LogP) is -1.39. The highest BCUT2D eigenvalue weighted by Gasteiger charge is 2.21. The zero-order valence-corrected chi connectivity index (χ0v) is 9.89. The zero-order valence-electron chi connectivity index (χ0n) is 9.00. The first kappa shape index (κ1) is 15.9. The summed E-state index contributed by atoms with van der Waals surface area (Å²) in [6, 6.07) is -1.78. The molecule has 0 saturated carbocycles. The lowest BCUT2D eigenvalue weighted by Gasteiger charge is -2.14. The fourth-order valence-electron chi connectivity index (χ4n) is 1.06. The Balaban J connectivity index is 3.96. The molecule has 100 valence electrons. The second kappa shape index (κ2) is 7.23. The maximum Gasteiger partial charge on any atom is 0.339 e. The molecule has 0 fully saturated rings. The van der Waals surface area contributed by atoms with Gasteiger partial charge in [0.1, 0.15) is 6.04 Å². The number of carbonyl (C=O) groups excluding carboxylic acids is 1. The van der Waals surface area contributed by atoms with Gasteiger partial charge in [0.15, 0.2) is 0 Å². The number of aliphatic carboxylic acids is 1. The van der Waals surface area contributed by atoms with Crippen LogP contribution in [0.4, 0.5) is 4.79 Å². The van der Waals surface area contributed by atoms with Crippen LogP contribution in [0.2, 0.25) is 0 Å². The molecular formula is C7H16N3O6P. The van der Waals surface area contributed by atoms with E-state index >= 15 is 0 Å². The molecule has 0 saturated heterocycles. The standard InChI is InChI=1S/C7H16N3O6P/c8-7(13)9-3-1-2-5(6(11)12)10-4-17(14,15)16/h5,10H,1-4H2,(H,11,12)(H3,8,9,13)(H2,14,15,16)/t5-/m0/s1. The molecule has 0 radical (unpaired) electrons. The van der Waals surface area contributed by atoms with Crippen molar-refractivity contribution in [2.75, 3.05) is 12.8 Å². The monoisotopic (exact) mass is 269 g/mol. The summed E-state index contributed by atoms with van der Waals surface area (Å²) in [6.07, 6.45) is -0.253. The van der Waals surface area contributed by atoms with Gasteiger partial charge in [-0.05, 0) is 12.8 Å². The van der Waals surface area contributed by atoms with Crippen LogP contribution in [0.25, 0.3) is 0 Å². The summed E-state index contributed by atoms with van der Waals surface area (Å²) >= 11 is 0. The zero-order chi connectivity index (χ0) is 13.5. The number of nitrogens with one attached hydrogen (secondary N) is 2. The molecule has 10 heteroatoms. The van der Waals surface area contributed by atoms with Crippen LogP contribution >= 0.6 is 7.60 Å². The largest absolute Gasteiger partial charge is 0.480 e. The minimum atomic E-state index is -4.28. The van der Waals surface area contributed by atoms with Crippen molar-refractivity contribution in [3.8, 4) is 0 Å². The van der Waals surface area contributed by atoms with Crippen molar-refractivity contribution in [1.82, 2.24) is 10.6 Å². The first-order valence-electron chi connectivity index (χ1n) is 4.76. The highest BCUT2D eigenvalue weighted by atomic mass is 31.2. The molecule has 0 aromatic carbocycles. The van der Waals surface area contributed by atoms with E-state index in [0.717, 1.165) is 0 Å². The van der Waals surface area contributed by atoms with Gasteiger partial charge in [-0.2, -0.15) is 0 Å². The third-order valence-corrected chi connectivity index (χ3v) is 2.41. The van der Waals surface area contributed by atoms with Crippen molar-refractivity contribution in [3.05, 3.63) is 0 Å². The minimum Gasteiger partial charge on any atom is -0.480 e. The van der Waals surface area contributed by atoms with Gasteiger partial charge in [-0.1, -0.05) is 0 Å². The average molecular weight is 269 g/mol. The lowest BCUT2D eigenvalue weighted by Crippen LogP contribution is -2.38. The molecule has 9 nitrogen and oxygen atoms in total. The van der Waals surface area contributed by atoms with E-state index in [1.165, 1.54) is 0 Å². The van der Waals surface area contributed by atoms with Crippen molar-refractivity contribution >= 4 is 19.6 Å². The Hall–Kier alpha value is -1.15. The van der Waals surface area contributed by atoms with E-state index in [9.17, 15) is 14.2 Å². The summed E-state index contributed by atoms with van der Waals surface area (Å²) in [6.45, 7) is 0.205. The quantitative estimate of drug-likeness (QED) is 0.233. The maximum absolute atomic E-state index is 10.7. The van der Waals surface area contributed by atoms with Gasteiger partial charge in [0.2, 0.25) is 0 Å². The van der Waals surface area contributed by atoms with Gasteiger partial charge in [-0.3, -0.25) is 14.7 Å². The summed E-state index contributed by atoms with van der Waals surface area (Å²) < 4.78 is 10.5. The van der Waals surface area contributed by atoms with Crippen LogP contribution in [0.5, 0.6) is 0 Å². The van der Waals surface area contributed by atoms with Crippen LogP contribution in [0, 0.1) is 0 Å². The van der Waals surface area contributed by atoms with E-state index in [2.05, 4.69) is 10.6 Å². The number of rotatable bonds is 8. The first-order valence-corrected chi connectivity index (χ1v) is 6.56. The van der Waals surface area contributed by atoms with E-state index in [1.807, 2.05) is 0 Å².